The lowest BCUT2D eigenvalue weighted by molar-refractivity contribution is 0.0717. The van der Waals surface area contributed by atoms with E-state index in [0.717, 1.165) is 0 Å². The quantitative estimate of drug-likeness (QED) is 0.596. The van der Waals surface area contributed by atoms with Gasteiger partial charge in [0, 0.05) is 24.6 Å². The molecule has 0 N–H and O–H groups in total. The second kappa shape index (κ2) is 6.91. The third-order valence-corrected chi connectivity index (χ3v) is 6.01. The summed E-state index contributed by atoms with van der Waals surface area (Å²) in [6.07, 6.45) is 1.77. The molecule has 0 aliphatic carbocycles. The summed E-state index contributed by atoms with van der Waals surface area (Å²) in [4.78, 5) is 17.6. The van der Waals surface area contributed by atoms with Crippen molar-refractivity contribution in [3.05, 3.63) is 41.1 Å². The molecule has 0 bridgehead atoms. The molecule has 26 heavy (non-hydrogen) atoms. The van der Waals surface area contributed by atoms with E-state index in [4.69, 9.17) is 9.57 Å². The Balaban J connectivity index is 2.06. The molecule has 3 rings (SSSR count). The maximum Gasteiger partial charge on any atom is 0.345 e. The fourth-order valence-corrected chi connectivity index (χ4v) is 4.53. The molecule has 1 aliphatic heterocycles. The number of benzene rings is 1. The van der Waals surface area contributed by atoms with Crippen LogP contribution in [0, 0.1) is 6.92 Å². The molecule has 0 atom stereocenters. The van der Waals surface area contributed by atoms with Crippen molar-refractivity contribution >= 4 is 21.5 Å². The van der Waals surface area contributed by atoms with E-state index in [1.807, 2.05) is 6.92 Å². The van der Waals surface area contributed by atoms with Gasteiger partial charge in [-0.3, -0.25) is 0 Å². The van der Waals surface area contributed by atoms with Crippen LogP contribution in [0.4, 0.5) is 0 Å². The van der Waals surface area contributed by atoms with Crippen molar-refractivity contribution in [2.75, 3.05) is 12.9 Å². The number of ether oxygens (including phenoxy) is 1. The molecule has 8 nitrogen and oxygen atoms in total. The van der Waals surface area contributed by atoms with E-state index < -0.39 is 15.8 Å². The molecule has 2 aromatic rings. The van der Waals surface area contributed by atoms with Gasteiger partial charge in [-0.2, -0.15) is 5.10 Å². The highest BCUT2D eigenvalue weighted by Crippen LogP contribution is 2.30. The molecule has 1 aromatic carbocycles. The van der Waals surface area contributed by atoms with Crippen molar-refractivity contribution in [3.63, 3.8) is 0 Å². The Morgan fingerprint density at radius 3 is 2.81 bits per heavy atom. The highest BCUT2D eigenvalue weighted by atomic mass is 32.2. The van der Waals surface area contributed by atoms with E-state index in [1.54, 1.807) is 23.9 Å². The Morgan fingerprint density at radius 2 is 2.12 bits per heavy atom. The fourth-order valence-electron chi connectivity index (χ4n) is 2.99. The Labute approximate surface area is 151 Å². The minimum Gasteiger partial charge on any atom is -0.404 e. The molecule has 2 heterocycles. The molecular weight excluding hydrogens is 358 g/mol. The predicted octanol–water partition coefficient (Wildman–Crippen LogP) is 1.96. The number of nitrogens with zero attached hydrogens (tertiary/aromatic N) is 3. The van der Waals surface area contributed by atoms with E-state index in [1.165, 1.54) is 19.2 Å². The van der Waals surface area contributed by atoms with Crippen LogP contribution in [-0.4, -0.2) is 42.7 Å². The van der Waals surface area contributed by atoms with E-state index in [9.17, 15) is 13.2 Å². The van der Waals surface area contributed by atoms with Gasteiger partial charge >= 0.3 is 5.97 Å². The van der Waals surface area contributed by atoms with Gasteiger partial charge in [0.25, 0.3) is 0 Å². The van der Waals surface area contributed by atoms with Gasteiger partial charge in [0.05, 0.1) is 28.1 Å². The molecule has 0 fully saturated rings. The number of sulfone groups is 1. The lowest BCUT2D eigenvalue weighted by atomic mass is 9.97. The first-order valence-corrected chi connectivity index (χ1v) is 9.75. The summed E-state index contributed by atoms with van der Waals surface area (Å²) in [5.41, 5.74) is 1.68. The number of oxime groups is 1. The number of rotatable bonds is 4. The SMILES string of the molecule is CCn1nccc1OC(=O)c1ccc2c(c1C)/C(=N/OC)CCS2(=O)=O. The molecule has 0 radical (unpaired) electrons. The van der Waals surface area contributed by atoms with Crippen LogP contribution in [0.5, 0.6) is 5.88 Å². The van der Waals surface area contributed by atoms with E-state index >= 15 is 0 Å². The molecule has 138 valence electrons. The number of esters is 1. The third kappa shape index (κ3) is 3.10. The standard InChI is InChI=1S/C17H19N3O5S/c1-4-20-15(7-9-18-20)25-17(21)12-5-6-14-16(11(12)2)13(19-24-3)8-10-26(14,22)23/h5-7,9H,4,8,10H2,1-3H3/b19-13+. The lowest BCUT2D eigenvalue weighted by Gasteiger charge is -2.21. The monoisotopic (exact) mass is 377 g/mol. The van der Waals surface area contributed by atoms with Gasteiger partial charge in [-0.25, -0.2) is 17.9 Å². The number of aromatic nitrogens is 2. The molecule has 0 saturated carbocycles. The molecule has 0 spiro atoms. The van der Waals surface area contributed by atoms with Crippen molar-refractivity contribution in [3.8, 4) is 5.88 Å². The van der Waals surface area contributed by atoms with Crippen LogP contribution in [-0.2, 0) is 21.2 Å². The Hall–Kier alpha value is -2.68. The molecule has 1 aromatic heterocycles. The number of hydrogen-bond acceptors (Lipinski definition) is 7. The summed E-state index contributed by atoms with van der Waals surface area (Å²) in [6, 6.07) is 4.49. The van der Waals surface area contributed by atoms with Gasteiger partial charge < -0.3 is 9.57 Å². The molecular formula is C17H19N3O5S. The van der Waals surface area contributed by atoms with Crippen LogP contribution in [0.3, 0.4) is 0 Å². The second-order valence-electron chi connectivity index (χ2n) is 5.78. The van der Waals surface area contributed by atoms with E-state index in [0.29, 0.717) is 29.3 Å². The smallest absolute Gasteiger partial charge is 0.345 e. The zero-order valence-corrected chi connectivity index (χ0v) is 15.5. The van der Waals surface area contributed by atoms with Crippen molar-refractivity contribution in [2.24, 2.45) is 5.16 Å². The van der Waals surface area contributed by atoms with Crippen LogP contribution >= 0.6 is 0 Å². The van der Waals surface area contributed by atoms with Gasteiger partial charge in [0.2, 0.25) is 5.88 Å². The van der Waals surface area contributed by atoms with Gasteiger partial charge in [0.15, 0.2) is 9.84 Å². The van der Waals surface area contributed by atoms with Crippen LogP contribution in [0.2, 0.25) is 0 Å². The summed E-state index contributed by atoms with van der Waals surface area (Å²) < 4.78 is 31.7. The molecule has 0 amide bonds. The summed E-state index contributed by atoms with van der Waals surface area (Å²) in [5.74, 6) is -0.297. The zero-order chi connectivity index (χ0) is 18.9. The highest BCUT2D eigenvalue weighted by molar-refractivity contribution is 7.91. The Kier molecular flexibility index (Phi) is 4.82. The van der Waals surface area contributed by atoms with Crippen molar-refractivity contribution in [1.82, 2.24) is 9.78 Å². The second-order valence-corrected chi connectivity index (χ2v) is 7.85. The predicted molar refractivity (Wildman–Crippen MR) is 94.3 cm³/mol. The number of carbonyl (C=O) groups is 1. The summed E-state index contributed by atoms with van der Waals surface area (Å²) >= 11 is 0. The average molecular weight is 377 g/mol. The molecule has 9 heteroatoms. The number of fused-ring (bicyclic) bond motifs is 1. The topological polar surface area (TPSA) is 99.8 Å². The minimum absolute atomic E-state index is 0.0406. The van der Waals surface area contributed by atoms with Crippen LogP contribution in [0.25, 0.3) is 0 Å². The van der Waals surface area contributed by atoms with Gasteiger partial charge in [-0.1, -0.05) is 5.16 Å². The van der Waals surface area contributed by atoms with Gasteiger partial charge in [-0.15, -0.1) is 0 Å². The average Bonchev–Trinajstić information content (AvgIpc) is 3.04. The van der Waals surface area contributed by atoms with Gasteiger partial charge in [0.1, 0.15) is 7.11 Å². The highest BCUT2D eigenvalue weighted by Gasteiger charge is 2.31. The maximum absolute atomic E-state index is 12.6. The largest absolute Gasteiger partial charge is 0.404 e. The zero-order valence-electron chi connectivity index (χ0n) is 14.7. The summed E-state index contributed by atoms with van der Waals surface area (Å²) in [7, 11) is -2.02. The number of aryl methyl sites for hydroxylation is 1. The molecule has 0 unspecified atom stereocenters. The molecule has 1 aliphatic rings. The Morgan fingerprint density at radius 1 is 1.35 bits per heavy atom. The van der Waals surface area contributed by atoms with Crippen LogP contribution in [0.1, 0.15) is 34.8 Å². The van der Waals surface area contributed by atoms with Crippen molar-refractivity contribution < 1.29 is 22.8 Å². The first-order chi connectivity index (χ1) is 12.4. The first-order valence-electron chi connectivity index (χ1n) is 8.09. The maximum atomic E-state index is 12.6. The first kappa shape index (κ1) is 18.1. The van der Waals surface area contributed by atoms with Crippen molar-refractivity contribution in [1.29, 1.82) is 0 Å². The summed E-state index contributed by atoms with van der Waals surface area (Å²) in [5, 5.41) is 7.99. The minimum atomic E-state index is -3.42. The van der Waals surface area contributed by atoms with Crippen LogP contribution < -0.4 is 4.74 Å². The van der Waals surface area contributed by atoms with E-state index in [-0.39, 0.29) is 22.6 Å². The fraction of sp³-hybridized carbons (Fsp3) is 0.353. The molecule has 0 saturated heterocycles. The Bertz CT molecular complexity index is 992. The normalized spacial score (nSPS) is 17.0. The third-order valence-electron chi connectivity index (χ3n) is 4.25. The van der Waals surface area contributed by atoms with Crippen LogP contribution in [0.15, 0.2) is 34.4 Å². The number of carbonyl (C=O) groups excluding carboxylic acids is 1. The van der Waals surface area contributed by atoms with Crippen molar-refractivity contribution in [2.45, 2.75) is 31.7 Å². The van der Waals surface area contributed by atoms with Gasteiger partial charge in [-0.05, 0) is 31.5 Å². The number of hydrogen-bond donors (Lipinski definition) is 0. The van der Waals surface area contributed by atoms with E-state index in [2.05, 4.69) is 10.3 Å². The lowest BCUT2D eigenvalue weighted by Crippen LogP contribution is -2.25. The summed E-state index contributed by atoms with van der Waals surface area (Å²) in [6.45, 7) is 4.12.